The summed E-state index contributed by atoms with van der Waals surface area (Å²) in [6, 6.07) is 4.27. The van der Waals surface area contributed by atoms with Crippen molar-refractivity contribution < 1.29 is 27.8 Å². The van der Waals surface area contributed by atoms with Crippen LogP contribution in [0, 0.1) is 11.6 Å². The Hall–Kier alpha value is -2.85. The second-order valence-corrected chi connectivity index (χ2v) is 7.04. The van der Waals surface area contributed by atoms with Crippen LogP contribution in [-0.2, 0) is 9.47 Å². The number of rotatable bonds is 4. The van der Waals surface area contributed by atoms with Crippen LogP contribution in [-0.4, -0.2) is 59.3 Å². The molecule has 2 aliphatic heterocycles. The van der Waals surface area contributed by atoms with Crippen molar-refractivity contribution in [2.75, 3.05) is 32.9 Å². The molecule has 2 aromatic rings. The highest BCUT2D eigenvalue weighted by molar-refractivity contribution is 5.92. The number of ether oxygens (including phenoxy) is 3. The lowest BCUT2D eigenvalue weighted by molar-refractivity contribution is -0.181. The second kappa shape index (κ2) is 8.11. The number of carbonyl (C=O) groups is 1. The molecule has 0 aliphatic carbocycles. The van der Waals surface area contributed by atoms with Gasteiger partial charge in [0.1, 0.15) is 0 Å². The molecule has 4 rings (SSSR count). The number of hydrogen-bond acceptors (Lipinski definition) is 6. The monoisotopic (exact) mass is 421 g/mol. The van der Waals surface area contributed by atoms with E-state index in [1.165, 1.54) is 11.0 Å². The zero-order valence-electron chi connectivity index (χ0n) is 16.4. The molecule has 2 aliphatic rings. The predicted molar refractivity (Wildman–Crippen MR) is 101 cm³/mol. The molecule has 0 atom stereocenters. The van der Waals surface area contributed by atoms with E-state index in [-0.39, 0.29) is 23.9 Å². The van der Waals surface area contributed by atoms with Gasteiger partial charge in [0.2, 0.25) is 11.3 Å². The number of benzene rings is 1. The molecule has 8 nitrogen and oxygen atoms in total. The fourth-order valence-corrected chi connectivity index (χ4v) is 3.63. The van der Waals surface area contributed by atoms with Gasteiger partial charge in [-0.25, -0.2) is 13.5 Å². The molecular formula is C20H21F2N3O5. The first-order chi connectivity index (χ1) is 14.4. The topological polar surface area (TPSA) is 82.9 Å². The van der Waals surface area contributed by atoms with Crippen LogP contribution in [0.5, 0.6) is 5.88 Å². The Morgan fingerprint density at radius 2 is 1.87 bits per heavy atom. The molecule has 0 saturated carbocycles. The minimum absolute atomic E-state index is 0.0235. The van der Waals surface area contributed by atoms with E-state index < -0.39 is 28.8 Å². The summed E-state index contributed by atoms with van der Waals surface area (Å²) in [6.45, 7) is 3.65. The van der Waals surface area contributed by atoms with E-state index in [2.05, 4.69) is 5.10 Å². The molecule has 0 bridgehead atoms. The van der Waals surface area contributed by atoms with Gasteiger partial charge in [-0.2, -0.15) is 5.10 Å². The molecule has 0 unspecified atom stereocenters. The fourth-order valence-electron chi connectivity index (χ4n) is 3.63. The predicted octanol–water partition coefficient (Wildman–Crippen LogP) is 1.89. The Kier molecular flexibility index (Phi) is 5.52. The third-order valence-electron chi connectivity index (χ3n) is 5.17. The largest absolute Gasteiger partial charge is 0.478 e. The standard InChI is InChI=1S/C20H21F2N3O5/c1-2-28-17-12-16(26)18(23-25(17)13-3-4-14(21)15(22)11-13)19(27)24-7-5-20(6-8-24)29-9-10-30-20/h3-4,11-12H,2,5-10H2,1H3. The Labute approximate surface area is 170 Å². The van der Waals surface area contributed by atoms with Gasteiger partial charge in [0.15, 0.2) is 23.1 Å². The Balaban J connectivity index is 1.65. The van der Waals surface area contributed by atoms with Gasteiger partial charge in [0.25, 0.3) is 5.91 Å². The van der Waals surface area contributed by atoms with Gasteiger partial charge in [-0.05, 0) is 19.1 Å². The van der Waals surface area contributed by atoms with E-state index in [0.717, 1.165) is 22.9 Å². The first kappa shape index (κ1) is 20.4. The SMILES string of the molecule is CCOc1cc(=O)c(C(=O)N2CCC3(CC2)OCCO3)nn1-c1ccc(F)c(F)c1. The van der Waals surface area contributed by atoms with Crippen LogP contribution >= 0.6 is 0 Å². The third-order valence-corrected chi connectivity index (χ3v) is 5.17. The molecule has 1 spiro atoms. The van der Waals surface area contributed by atoms with Crippen molar-refractivity contribution in [1.82, 2.24) is 14.7 Å². The lowest BCUT2D eigenvalue weighted by Gasteiger charge is -2.37. The summed E-state index contributed by atoms with van der Waals surface area (Å²) in [7, 11) is 0. The molecule has 0 N–H and O–H groups in total. The summed E-state index contributed by atoms with van der Waals surface area (Å²) in [5, 5.41) is 4.13. The molecule has 3 heterocycles. The number of amides is 1. The maximum absolute atomic E-state index is 13.7. The first-order valence-corrected chi connectivity index (χ1v) is 9.72. The van der Waals surface area contributed by atoms with Crippen LogP contribution in [0.2, 0.25) is 0 Å². The van der Waals surface area contributed by atoms with E-state index in [0.29, 0.717) is 39.1 Å². The average Bonchev–Trinajstić information content (AvgIpc) is 3.19. The molecular weight excluding hydrogens is 400 g/mol. The van der Waals surface area contributed by atoms with Crippen LogP contribution in [0.1, 0.15) is 30.3 Å². The van der Waals surface area contributed by atoms with Crippen molar-refractivity contribution in [1.29, 1.82) is 0 Å². The van der Waals surface area contributed by atoms with Crippen LogP contribution in [0.4, 0.5) is 8.78 Å². The van der Waals surface area contributed by atoms with Crippen molar-refractivity contribution in [2.24, 2.45) is 0 Å². The number of piperidine rings is 1. The van der Waals surface area contributed by atoms with Crippen LogP contribution in [0.15, 0.2) is 29.1 Å². The number of aromatic nitrogens is 2. The quantitative estimate of drug-likeness (QED) is 0.750. The van der Waals surface area contributed by atoms with Crippen LogP contribution in [0.3, 0.4) is 0 Å². The lowest BCUT2D eigenvalue weighted by Crippen LogP contribution is -2.48. The zero-order valence-corrected chi connectivity index (χ0v) is 16.4. The highest BCUT2D eigenvalue weighted by Gasteiger charge is 2.41. The molecule has 160 valence electrons. The maximum atomic E-state index is 13.7. The molecule has 30 heavy (non-hydrogen) atoms. The molecule has 0 radical (unpaired) electrons. The van der Waals surface area contributed by atoms with Gasteiger partial charge in [-0.1, -0.05) is 0 Å². The maximum Gasteiger partial charge on any atom is 0.278 e. The van der Waals surface area contributed by atoms with Crippen molar-refractivity contribution in [2.45, 2.75) is 25.6 Å². The van der Waals surface area contributed by atoms with Gasteiger partial charge in [0.05, 0.1) is 31.6 Å². The lowest BCUT2D eigenvalue weighted by atomic mass is 10.0. The smallest absolute Gasteiger partial charge is 0.278 e. The molecule has 1 amide bonds. The Morgan fingerprint density at radius 1 is 1.17 bits per heavy atom. The minimum atomic E-state index is -1.08. The summed E-state index contributed by atoms with van der Waals surface area (Å²) in [5.74, 6) is -3.29. The first-order valence-electron chi connectivity index (χ1n) is 9.72. The number of likely N-dealkylation sites (tertiary alicyclic amines) is 1. The van der Waals surface area contributed by atoms with E-state index in [1.807, 2.05) is 0 Å². The van der Waals surface area contributed by atoms with Crippen molar-refractivity contribution in [3.05, 3.63) is 51.8 Å². The number of hydrogen-bond donors (Lipinski definition) is 0. The summed E-state index contributed by atoms with van der Waals surface area (Å²) in [6.07, 6.45) is 0.986. The van der Waals surface area contributed by atoms with E-state index in [1.54, 1.807) is 6.92 Å². The zero-order chi connectivity index (χ0) is 21.3. The van der Waals surface area contributed by atoms with Crippen molar-refractivity contribution in [3.63, 3.8) is 0 Å². The summed E-state index contributed by atoms with van der Waals surface area (Å²) in [5.41, 5.74) is -0.819. The van der Waals surface area contributed by atoms with Gasteiger partial charge in [-0.3, -0.25) is 9.59 Å². The van der Waals surface area contributed by atoms with Crippen LogP contribution < -0.4 is 10.2 Å². The van der Waals surface area contributed by atoms with E-state index in [9.17, 15) is 18.4 Å². The second-order valence-electron chi connectivity index (χ2n) is 7.04. The molecule has 10 heteroatoms. The van der Waals surface area contributed by atoms with Crippen LogP contribution in [0.25, 0.3) is 5.69 Å². The van der Waals surface area contributed by atoms with Gasteiger partial charge in [-0.15, -0.1) is 0 Å². The summed E-state index contributed by atoms with van der Waals surface area (Å²) < 4.78 is 44.9. The molecule has 2 fully saturated rings. The number of halogens is 2. The third kappa shape index (κ3) is 3.80. The highest BCUT2D eigenvalue weighted by Crippen LogP contribution is 2.31. The number of carbonyl (C=O) groups excluding carboxylic acids is 1. The highest BCUT2D eigenvalue weighted by atomic mass is 19.2. The average molecular weight is 421 g/mol. The molecule has 1 aromatic heterocycles. The van der Waals surface area contributed by atoms with Crippen molar-refractivity contribution in [3.8, 4) is 11.6 Å². The van der Waals surface area contributed by atoms with Gasteiger partial charge in [0, 0.05) is 32.0 Å². The van der Waals surface area contributed by atoms with Crippen molar-refractivity contribution >= 4 is 5.91 Å². The Morgan fingerprint density at radius 3 is 2.50 bits per heavy atom. The van der Waals surface area contributed by atoms with E-state index >= 15 is 0 Å². The normalized spacial score (nSPS) is 18.0. The number of nitrogens with zero attached hydrogens (tertiary/aromatic N) is 3. The minimum Gasteiger partial charge on any atom is -0.478 e. The fraction of sp³-hybridized carbons (Fsp3) is 0.450. The summed E-state index contributed by atoms with van der Waals surface area (Å²) in [4.78, 5) is 27.1. The van der Waals surface area contributed by atoms with Gasteiger partial charge < -0.3 is 19.1 Å². The van der Waals surface area contributed by atoms with E-state index in [4.69, 9.17) is 14.2 Å². The Bertz CT molecular complexity index is 1010. The summed E-state index contributed by atoms with van der Waals surface area (Å²) >= 11 is 0. The molecule has 1 aromatic carbocycles. The molecule has 2 saturated heterocycles. The van der Waals surface area contributed by atoms with Gasteiger partial charge >= 0.3 is 0 Å².